The first-order chi connectivity index (χ1) is 8.24. The van der Waals surface area contributed by atoms with Gasteiger partial charge in [-0.05, 0) is 46.8 Å². The second-order valence-corrected chi connectivity index (χ2v) is 5.29. The van der Waals surface area contributed by atoms with E-state index in [9.17, 15) is 5.11 Å². The van der Waals surface area contributed by atoms with Gasteiger partial charge < -0.3 is 15.2 Å². The first-order valence-corrected chi connectivity index (χ1v) is 6.64. The Bertz CT molecular complexity index is 341. The zero-order chi connectivity index (χ0) is 12.1. The number of nitrogens with one attached hydrogen (secondary N) is 1. The monoisotopic (exact) mass is 300 g/mol. The second kappa shape index (κ2) is 6.33. The maximum Gasteiger partial charge on any atom is 0.126 e. The molecule has 0 amide bonds. The summed E-state index contributed by atoms with van der Waals surface area (Å²) in [4.78, 5) is 4.16. The third-order valence-electron chi connectivity index (χ3n) is 2.61. The van der Waals surface area contributed by atoms with Crippen LogP contribution in [-0.2, 0) is 4.74 Å². The Hall–Kier alpha value is -0.650. The predicted octanol–water partition coefficient (Wildman–Crippen LogP) is 2.04. The number of hydrogen-bond acceptors (Lipinski definition) is 4. The van der Waals surface area contributed by atoms with Crippen LogP contribution in [0.2, 0.25) is 0 Å². The smallest absolute Gasteiger partial charge is 0.126 e. The fourth-order valence-corrected chi connectivity index (χ4v) is 1.65. The van der Waals surface area contributed by atoms with E-state index >= 15 is 0 Å². The fourth-order valence-electron chi connectivity index (χ4n) is 1.42. The number of aliphatic hydroxyl groups excluding tert-OH is 1. The number of nitrogens with zero attached hydrogens (tertiary/aromatic N) is 1. The molecule has 0 aromatic carbocycles. The number of rotatable bonds is 7. The lowest BCUT2D eigenvalue weighted by atomic mass is 10.3. The highest BCUT2D eigenvalue weighted by molar-refractivity contribution is 9.10. The summed E-state index contributed by atoms with van der Waals surface area (Å²) in [6.45, 7) is 1.63. The van der Waals surface area contributed by atoms with Crippen molar-refractivity contribution in [2.75, 3.05) is 25.1 Å². The van der Waals surface area contributed by atoms with Crippen LogP contribution in [-0.4, -0.2) is 36.0 Å². The summed E-state index contributed by atoms with van der Waals surface area (Å²) in [5, 5.41) is 12.7. The van der Waals surface area contributed by atoms with E-state index in [4.69, 9.17) is 4.74 Å². The van der Waals surface area contributed by atoms with E-state index in [1.165, 1.54) is 12.8 Å². The molecule has 17 heavy (non-hydrogen) atoms. The lowest BCUT2D eigenvalue weighted by molar-refractivity contribution is 0.0386. The molecule has 1 fully saturated rings. The quantitative estimate of drug-likeness (QED) is 0.809. The summed E-state index contributed by atoms with van der Waals surface area (Å²) in [5.41, 5.74) is 0. The molecule has 2 N–H and O–H groups in total. The number of aromatic nitrogens is 1. The van der Waals surface area contributed by atoms with Crippen LogP contribution in [0.4, 0.5) is 5.82 Å². The van der Waals surface area contributed by atoms with E-state index in [-0.39, 0.29) is 0 Å². The molecule has 1 atom stereocenters. The first-order valence-electron chi connectivity index (χ1n) is 5.85. The van der Waals surface area contributed by atoms with E-state index in [1.54, 1.807) is 6.20 Å². The minimum atomic E-state index is -0.487. The lowest BCUT2D eigenvalue weighted by Crippen LogP contribution is -2.25. The van der Waals surface area contributed by atoms with Crippen LogP contribution in [0.3, 0.4) is 0 Å². The molecule has 0 bridgehead atoms. The Morgan fingerprint density at radius 1 is 1.53 bits per heavy atom. The Morgan fingerprint density at radius 2 is 2.35 bits per heavy atom. The maximum atomic E-state index is 9.67. The molecule has 2 rings (SSSR count). The van der Waals surface area contributed by atoms with Crippen molar-refractivity contribution in [2.45, 2.75) is 18.9 Å². The van der Waals surface area contributed by atoms with Crippen molar-refractivity contribution in [1.82, 2.24) is 4.98 Å². The summed E-state index contributed by atoms with van der Waals surface area (Å²) in [5.74, 6) is 1.50. The van der Waals surface area contributed by atoms with Crippen molar-refractivity contribution in [3.8, 4) is 0 Å². The van der Waals surface area contributed by atoms with Gasteiger partial charge in [0.25, 0.3) is 0 Å². The zero-order valence-corrected chi connectivity index (χ0v) is 11.2. The van der Waals surface area contributed by atoms with Crippen molar-refractivity contribution >= 4 is 21.7 Å². The lowest BCUT2D eigenvalue weighted by Gasteiger charge is -2.12. The van der Waals surface area contributed by atoms with Crippen LogP contribution in [0, 0.1) is 5.92 Å². The number of hydrogen-bond donors (Lipinski definition) is 2. The zero-order valence-electron chi connectivity index (χ0n) is 9.60. The Kier molecular flexibility index (Phi) is 4.76. The van der Waals surface area contributed by atoms with Gasteiger partial charge in [0.2, 0.25) is 0 Å². The molecule has 94 valence electrons. The van der Waals surface area contributed by atoms with Crippen LogP contribution < -0.4 is 5.32 Å². The number of aliphatic hydroxyl groups is 1. The maximum absolute atomic E-state index is 9.67. The van der Waals surface area contributed by atoms with Crippen molar-refractivity contribution in [3.05, 3.63) is 22.8 Å². The topological polar surface area (TPSA) is 54.4 Å². The molecule has 0 saturated heterocycles. The van der Waals surface area contributed by atoms with Gasteiger partial charge in [0, 0.05) is 23.8 Å². The summed E-state index contributed by atoms with van der Waals surface area (Å²) < 4.78 is 6.35. The van der Waals surface area contributed by atoms with Gasteiger partial charge in [-0.15, -0.1) is 0 Å². The summed E-state index contributed by atoms with van der Waals surface area (Å²) in [6.07, 6.45) is 3.78. The normalized spacial score (nSPS) is 16.8. The number of pyridine rings is 1. The van der Waals surface area contributed by atoms with Gasteiger partial charge in [0.05, 0.1) is 12.7 Å². The van der Waals surface area contributed by atoms with Gasteiger partial charge >= 0.3 is 0 Å². The Balaban J connectivity index is 1.60. The molecular weight excluding hydrogens is 284 g/mol. The molecule has 1 heterocycles. The van der Waals surface area contributed by atoms with Gasteiger partial charge in [-0.1, -0.05) is 0 Å². The van der Waals surface area contributed by atoms with E-state index in [2.05, 4.69) is 26.2 Å². The van der Waals surface area contributed by atoms with Gasteiger partial charge in [-0.3, -0.25) is 0 Å². The molecular formula is C12H17BrN2O2. The fraction of sp³-hybridized carbons (Fsp3) is 0.583. The van der Waals surface area contributed by atoms with Crippen LogP contribution in [0.15, 0.2) is 22.8 Å². The largest absolute Gasteiger partial charge is 0.389 e. The van der Waals surface area contributed by atoms with Crippen LogP contribution in [0.1, 0.15) is 12.8 Å². The third-order valence-corrected chi connectivity index (χ3v) is 3.08. The summed E-state index contributed by atoms with van der Waals surface area (Å²) in [7, 11) is 0. The number of ether oxygens (including phenoxy) is 1. The SMILES string of the molecule is OC(CNc1ccc(Br)cn1)COCC1CC1. The van der Waals surface area contributed by atoms with Crippen LogP contribution in [0.25, 0.3) is 0 Å². The van der Waals surface area contributed by atoms with Gasteiger partial charge in [0.15, 0.2) is 0 Å². The molecule has 1 aliphatic carbocycles. The standard InChI is InChI=1S/C12H17BrN2O2/c13-10-3-4-12(14-5-10)15-6-11(16)8-17-7-9-1-2-9/h3-5,9,11,16H,1-2,6-8H2,(H,14,15). The van der Waals surface area contributed by atoms with E-state index in [0.29, 0.717) is 13.2 Å². The number of anilines is 1. The molecule has 5 heteroatoms. The number of halogens is 1. The van der Waals surface area contributed by atoms with Gasteiger partial charge in [-0.25, -0.2) is 4.98 Å². The van der Waals surface area contributed by atoms with Crippen LogP contribution in [0.5, 0.6) is 0 Å². The minimum Gasteiger partial charge on any atom is -0.389 e. The van der Waals surface area contributed by atoms with Gasteiger partial charge in [0.1, 0.15) is 5.82 Å². The van der Waals surface area contributed by atoms with E-state index in [0.717, 1.165) is 22.8 Å². The van der Waals surface area contributed by atoms with Crippen molar-refractivity contribution < 1.29 is 9.84 Å². The molecule has 0 spiro atoms. The molecule has 0 aliphatic heterocycles. The Labute approximate surface area is 110 Å². The first kappa shape index (κ1) is 12.8. The highest BCUT2D eigenvalue weighted by Crippen LogP contribution is 2.28. The average molecular weight is 301 g/mol. The molecule has 1 aromatic heterocycles. The summed E-state index contributed by atoms with van der Waals surface area (Å²) in [6, 6.07) is 3.77. The third kappa shape index (κ3) is 5.02. The van der Waals surface area contributed by atoms with E-state index in [1.807, 2.05) is 12.1 Å². The molecule has 0 radical (unpaired) electrons. The molecule has 1 aliphatic rings. The molecule has 1 unspecified atom stereocenters. The van der Waals surface area contributed by atoms with E-state index < -0.39 is 6.10 Å². The molecule has 1 saturated carbocycles. The Morgan fingerprint density at radius 3 is 3.00 bits per heavy atom. The average Bonchev–Trinajstić information content (AvgIpc) is 3.12. The molecule has 1 aromatic rings. The minimum absolute atomic E-state index is 0.389. The van der Waals surface area contributed by atoms with Crippen LogP contribution >= 0.6 is 15.9 Å². The highest BCUT2D eigenvalue weighted by atomic mass is 79.9. The van der Waals surface area contributed by atoms with Gasteiger partial charge in [-0.2, -0.15) is 0 Å². The second-order valence-electron chi connectivity index (χ2n) is 4.38. The highest BCUT2D eigenvalue weighted by Gasteiger charge is 2.21. The predicted molar refractivity (Wildman–Crippen MR) is 70.0 cm³/mol. The molecule has 4 nitrogen and oxygen atoms in total. The summed E-state index contributed by atoms with van der Waals surface area (Å²) >= 11 is 3.32. The van der Waals surface area contributed by atoms with Crippen molar-refractivity contribution in [3.63, 3.8) is 0 Å². The van der Waals surface area contributed by atoms with Crippen molar-refractivity contribution in [2.24, 2.45) is 5.92 Å². The van der Waals surface area contributed by atoms with Crippen molar-refractivity contribution in [1.29, 1.82) is 0 Å².